The number of anilines is 1. The van der Waals surface area contributed by atoms with Crippen LogP contribution in [0.5, 0.6) is 11.5 Å². The van der Waals surface area contributed by atoms with Crippen molar-refractivity contribution in [3.8, 4) is 11.5 Å². The number of amides is 4. The minimum Gasteiger partial charge on any atom is -0.493 e. The monoisotopic (exact) mass is 534 g/mol. The first-order valence-electron chi connectivity index (χ1n) is 11.8. The number of hydrogen-bond acceptors (Lipinski definition) is 5. The van der Waals surface area contributed by atoms with Gasteiger partial charge in [-0.1, -0.05) is 12.1 Å². The van der Waals surface area contributed by atoms with E-state index in [9.17, 15) is 27.6 Å². The number of ether oxygens (including phenoxy) is 2. The van der Waals surface area contributed by atoms with Crippen molar-refractivity contribution >= 4 is 23.5 Å². The van der Waals surface area contributed by atoms with Gasteiger partial charge in [-0.25, -0.2) is 4.79 Å². The van der Waals surface area contributed by atoms with Crippen molar-refractivity contribution in [2.75, 3.05) is 32.1 Å². The molecule has 9 nitrogen and oxygen atoms in total. The number of nitrogens with one attached hydrogen (secondary N) is 3. The molecule has 0 fully saturated rings. The molecule has 1 aliphatic heterocycles. The van der Waals surface area contributed by atoms with Gasteiger partial charge in [0.1, 0.15) is 0 Å². The second-order valence-electron chi connectivity index (χ2n) is 8.37. The SMILES string of the molecule is CCN(CC)C(=O)C1=C(C)NC(=O)N[C@H]1c1ccc(OCC(=O)Nc2cccc(C(F)(F)F)c2)c(OC)c1. The van der Waals surface area contributed by atoms with Crippen LogP contribution in [0.2, 0.25) is 0 Å². The summed E-state index contributed by atoms with van der Waals surface area (Å²) in [5.74, 6) is -0.482. The van der Waals surface area contributed by atoms with Crippen molar-refractivity contribution in [2.45, 2.75) is 33.0 Å². The maximum Gasteiger partial charge on any atom is 0.416 e. The van der Waals surface area contributed by atoms with Crippen LogP contribution in [0, 0.1) is 0 Å². The van der Waals surface area contributed by atoms with E-state index >= 15 is 0 Å². The third-order valence-electron chi connectivity index (χ3n) is 5.90. The minimum atomic E-state index is -4.54. The van der Waals surface area contributed by atoms with Crippen molar-refractivity contribution in [1.29, 1.82) is 0 Å². The summed E-state index contributed by atoms with van der Waals surface area (Å²) in [4.78, 5) is 39.4. The highest BCUT2D eigenvalue weighted by atomic mass is 19.4. The van der Waals surface area contributed by atoms with Crippen LogP contribution in [0.1, 0.15) is 37.9 Å². The lowest BCUT2D eigenvalue weighted by molar-refractivity contribution is -0.137. The Labute approximate surface area is 218 Å². The van der Waals surface area contributed by atoms with Gasteiger partial charge in [-0.2, -0.15) is 13.2 Å². The fourth-order valence-corrected chi connectivity index (χ4v) is 4.01. The van der Waals surface area contributed by atoms with Crippen LogP contribution in [-0.4, -0.2) is 49.6 Å². The van der Waals surface area contributed by atoms with E-state index in [1.54, 1.807) is 24.0 Å². The molecule has 1 aliphatic rings. The number of nitrogens with zero attached hydrogens (tertiary/aromatic N) is 1. The largest absolute Gasteiger partial charge is 0.493 e. The zero-order valence-corrected chi connectivity index (χ0v) is 21.4. The number of carbonyl (C=O) groups excluding carboxylic acids is 3. The summed E-state index contributed by atoms with van der Waals surface area (Å²) >= 11 is 0. The van der Waals surface area contributed by atoms with Gasteiger partial charge in [0.05, 0.1) is 24.3 Å². The molecule has 3 rings (SSSR count). The van der Waals surface area contributed by atoms with Gasteiger partial charge in [-0.05, 0) is 56.7 Å². The van der Waals surface area contributed by atoms with Gasteiger partial charge < -0.3 is 30.3 Å². The van der Waals surface area contributed by atoms with Crippen molar-refractivity contribution in [1.82, 2.24) is 15.5 Å². The van der Waals surface area contributed by atoms with Gasteiger partial charge >= 0.3 is 12.2 Å². The highest BCUT2D eigenvalue weighted by molar-refractivity contribution is 5.98. The predicted octanol–water partition coefficient (Wildman–Crippen LogP) is 4.23. The molecule has 0 aliphatic carbocycles. The average molecular weight is 535 g/mol. The highest BCUT2D eigenvalue weighted by Gasteiger charge is 2.33. The zero-order valence-electron chi connectivity index (χ0n) is 21.4. The van der Waals surface area contributed by atoms with Gasteiger partial charge in [0.25, 0.3) is 11.8 Å². The number of carbonyl (C=O) groups is 3. The lowest BCUT2D eigenvalue weighted by Gasteiger charge is -2.32. The number of urea groups is 1. The van der Waals surface area contributed by atoms with Crippen molar-refractivity contribution < 1.29 is 37.0 Å². The molecule has 2 aromatic rings. The molecule has 1 atom stereocenters. The summed E-state index contributed by atoms with van der Waals surface area (Å²) in [7, 11) is 1.39. The van der Waals surface area contributed by atoms with Crippen LogP contribution in [0.4, 0.5) is 23.7 Å². The van der Waals surface area contributed by atoms with E-state index in [-0.39, 0.29) is 23.1 Å². The van der Waals surface area contributed by atoms with Crippen LogP contribution in [0.25, 0.3) is 0 Å². The van der Waals surface area contributed by atoms with E-state index in [0.29, 0.717) is 29.9 Å². The van der Waals surface area contributed by atoms with Crippen LogP contribution < -0.4 is 25.4 Å². The number of hydrogen-bond donors (Lipinski definition) is 3. The third-order valence-corrected chi connectivity index (χ3v) is 5.90. The number of rotatable bonds is 9. The zero-order chi connectivity index (χ0) is 28.0. The lowest BCUT2D eigenvalue weighted by atomic mass is 9.94. The molecule has 3 N–H and O–H groups in total. The van der Waals surface area contributed by atoms with Crippen molar-refractivity contribution in [3.05, 3.63) is 64.9 Å². The Hall–Kier alpha value is -4.22. The molecule has 0 radical (unpaired) electrons. The van der Waals surface area contributed by atoms with E-state index < -0.39 is 36.3 Å². The second kappa shape index (κ2) is 11.9. The van der Waals surface area contributed by atoms with E-state index in [0.717, 1.165) is 12.1 Å². The Balaban J connectivity index is 1.78. The molecule has 0 saturated heterocycles. The molecule has 0 aromatic heterocycles. The summed E-state index contributed by atoms with van der Waals surface area (Å²) in [5, 5.41) is 7.77. The van der Waals surface area contributed by atoms with E-state index in [1.807, 2.05) is 13.8 Å². The number of methoxy groups -OCH3 is 1. The Morgan fingerprint density at radius 2 is 1.79 bits per heavy atom. The van der Waals surface area contributed by atoms with Gasteiger partial charge in [0.15, 0.2) is 18.1 Å². The fraction of sp³-hybridized carbons (Fsp3) is 0.346. The van der Waals surface area contributed by atoms with Crippen LogP contribution in [0.15, 0.2) is 53.7 Å². The second-order valence-corrected chi connectivity index (χ2v) is 8.37. The van der Waals surface area contributed by atoms with Gasteiger partial charge in [-0.3, -0.25) is 9.59 Å². The standard InChI is InChI=1S/C26H29F3N4O5/c1-5-33(6-2)24(35)22-15(3)30-25(36)32-23(22)16-10-11-19(20(12-16)37-4)38-14-21(34)31-18-9-7-8-17(13-18)26(27,28)29/h7-13,23H,5-6,14H2,1-4H3,(H,31,34)(H2,30,32,36)/t23-/m0/s1. The van der Waals surface area contributed by atoms with E-state index in [1.165, 1.54) is 25.3 Å². The first kappa shape index (κ1) is 28.4. The number of likely N-dealkylation sites (N-methyl/N-ethyl adjacent to an activating group) is 1. The molecular formula is C26H29F3N4O5. The van der Waals surface area contributed by atoms with E-state index in [2.05, 4.69) is 16.0 Å². The number of allylic oxidation sites excluding steroid dienone is 1. The third kappa shape index (κ3) is 6.55. The molecule has 38 heavy (non-hydrogen) atoms. The molecule has 12 heteroatoms. The van der Waals surface area contributed by atoms with Crippen LogP contribution >= 0.6 is 0 Å². The summed E-state index contributed by atoms with van der Waals surface area (Å²) in [6.45, 7) is 5.86. The molecule has 0 saturated carbocycles. The summed E-state index contributed by atoms with van der Waals surface area (Å²) < 4.78 is 49.7. The predicted molar refractivity (Wildman–Crippen MR) is 134 cm³/mol. The summed E-state index contributed by atoms with van der Waals surface area (Å²) in [5.41, 5.74) is 0.449. The molecular weight excluding hydrogens is 505 g/mol. The normalized spacial score (nSPS) is 15.3. The van der Waals surface area contributed by atoms with Crippen LogP contribution in [0.3, 0.4) is 0 Å². The molecule has 2 aromatic carbocycles. The first-order chi connectivity index (χ1) is 18.0. The number of benzene rings is 2. The average Bonchev–Trinajstić information content (AvgIpc) is 2.87. The first-order valence-corrected chi connectivity index (χ1v) is 11.8. The van der Waals surface area contributed by atoms with Gasteiger partial charge in [-0.15, -0.1) is 0 Å². The summed E-state index contributed by atoms with van der Waals surface area (Å²) in [6.07, 6.45) is -4.54. The topological polar surface area (TPSA) is 109 Å². The van der Waals surface area contributed by atoms with Gasteiger partial charge in [0, 0.05) is 24.5 Å². The maximum atomic E-state index is 13.2. The fourth-order valence-electron chi connectivity index (χ4n) is 4.01. The Kier molecular flexibility index (Phi) is 8.87. The maximum absolute atomic E-state index is 13.2. The van der Waals surface area contributed by atoms with Crippen molar-refractivity contribution in [2.24, 2.45) is 0 Å². The smallest absolute Gasteiger partial charge is 0.416 e. The molecule has 0 bridgehead atoms. The van der Waals surface area contributed by atoms with Gasteiger partial charge in [0.2, 0.25) is 0 Å². The summed E-state index contributed by atoms with van der Waals surface area (Å²) in [6, 6.07) is 7.76. The van der Waals surface area contributed by atoms with E-state index in [4.69, 9.17) is 9.47 Å². The Morgan fingerprint density at radius 3 is 2.42 bits per heavy atom. The quantitative estimate of drug-likeness (QED) is 0.446. The van der Waals surface area contributed by atoms with Crippen LogP contribution in [-0.2, 0) is 15.8 Å². The molecule has 204 valence electrons. The molecule has 0 spiro atoms. The minimum absolute atomic E-state index is 0.0232. The molecule has 4 amide bonds. The number of alkyl halides is 3. The molecule has 1 heterocycles. The highest BCUT2D eigenvalue weighted by Crippen LogP contribution is 2.35. The number of halogens is 3. The molecule has 0 unspecified atom stereocenters. The Morgan fingerprint density at radius 1 is 1.08 bits per heavy atom. The Bertz CT molecular complexity index is 1240. The van der Waals surface area contributed by atoms with Crippen molar-refractivity contribution in [3.63, 3.8) is 0 Å². The lowest BCUT2D eigenvalue weighted by Crippen LogP contribution is -2.47.